The van der Waals surface area contributed by atoms with Gasteiger partial charge in [0.25, 0.3) is 0 Å². The van der Waals surface area contributed by atoms with Gasteiger partial charge in [-0.05, 0) is 49.6 Å². The lowest BCUT2D eigenvalue weighted by Crippen LogP contribution is -2.64. The fraction of sp³-hybridized carbons (Fsp3) is 1.00. The molecule has 0 aromatic heterocycles. The van der Waals surface area contributed by atoms with Crippen LogP contribution in [-0.4, -0.2) is 13.1 Å². The van der Waals surface area contributed by atoms with Crippen LogP contribution in [0.5, 0.6) is 0 Å². The third-order valence-corrected chi connectivity index (χ3v) is 3.45. The van der Waals surface area contributed by atoms with Gasteiger partial charge in [0.1, 0.15) is 0 Å². The van der Waals surface area contributed by atoms with Gasteiger partial charge in [-0.1, -0.05) is 0 Å². The van der Waals surface area contributed by atoms with Crippen LogP contribution in [0.25, 0.3) is 0 Å². The molecule has 0 atom stereocenters. The largest absolute Gasteiger partial charge is 0.316 e. The Labute approximate surface area is 57.2 Å². The van der Waals surface area contributed by atoms with Gasteiger partial charge >= 0.3 is 0 Å². The van der Waals surface area contributed by atoms with Crippen LogP contribution in [0.15, 0.2) is 0 Å². The summed E-state index contributed by atoms with van der Waals surface area (Å²) in [5.41, 5.74) is 0.674. The molecule has 4 aliphatic rings. The lowest BCUT2D eigenvalue weighted by molar-refractivity contribution is -0.163. The summed E-state index contributed by atoms with van der Waals surface area (Å²) in [6.07, 6.45) is 3.64. The lowest BCUT2D eigenvalue weighted by atomic mass is 9.39. The maximum atomic E-state index is 7.73. The molecule has 2 bridgehead atoms. The third-order valence-electron chi connectivity index (χ3n) is 3.45. The van der Waals surface area contributed by atoms with E-state index in [1.165, 1.54) is 32.4 Å². The lowest BCUT2D eigenvalue weighted by Gasteiger charge is -2.67. The van der Waals surface area contributed by atoms with Gasteiger partial charge in [-0.3, -0.25) is 0 Å². The molecular weight excluding hydrogens is 110 g/mol. The highest BCUT2D eigenvalue weighted by molar-refractivity contribution is 5.12. The Morgan fingerprint density at radius 2 is 2.00 bits per heavy atom. The molecule has 4 rings (SSSR count). The van der Waals surface area contributed by atoms with Crippen LogP contribution in [-0.2, 0) is 0 Å². The molecule has 1 saturated heterocycles. The number of nitrogens with one attached hydrogen (secondary N) is 1. The molecule has 1 aliphatic heterocycles. The number of rotatable bonds is 1. The van der Waals surface area contributed by atoms with Crippen molar-refractivity contribution in [1.82, 2.24) is 5.32 Å². The van der Waals surface area contributed by atoms with Crippen LogP contribution in [0, 0.1) is 17.2 Å². The SMILES string of the molecule is [2H]C12CC(C3CNC3)(C1)C2. The molecule has 0 amide bonds. The zero-order valence-electron chi connectivity index (χ0n) is 6.61. The van der Waals surface area contributed by atoms with Crippen molar-refractivity contribution in [2.24, 2.45) is 17.2 Å². The molecule has 1 heteroatoms. The first kappa shape index (κ1) is 3.97. The van der Waals surface area contributed by atoms with Crippen molar-refractivity contribution in [2.45, 2.75) is 19.3 Å². The van der Waals surface area contributed by atoms with E-state index in [0.29, 0.717) is 5.41 Å². The molecule has 3 aliphatic carbocycles. The van der Waals surface area contributed by atoms with Crippen molar-refractivity contribution in [3.05, 3.63) is 0 Å². The van der Waals surface area contributed by atoms with Crippen molar-refractivity contribution in [2.75, 3.05) is 13.1 Å². The topological polar surface area (TPSA) is 12.0 Å². The van der Waals surface area contributed by atoms with Gasteiger partial charge < -0.3 is 5.32 Å². The molecule has 9 heavy (non-hydrogen) atoms. The zero-order chi connectivity index (χ0) is 6.82. The minimum Gasteiger partial charge on any atom is -0.316 e. The average molecular weight is 124 g/mol. The Balaban J connectivity index is 1.74. The highest BCUT2D eigenvalue weighted by Gasteiger charge is 2.61. The minimum absolute atomic E-state index is 0.0651. The quantitative estimate of drug-likeness (QED) is 0.550. The Morgan fingerprint density at radius 1 is 1.33 bits per heavy atom. The third kappa shape index (κ3) is 0.389. The van der Waals surface area contributed by atoms with Gasteiger partial charge in [-0.15, -0.1) is 0 Å². The molecular formula is C8H13N. The minimum atomic E-state index is 0.0651. The normalized spacial score (nSPS) is 65.1. The van der Waals surface area contributed by atoms with Crippen LogP contribution >= 0.6 is 0 Å². The molecule has 3 saturated carbocycles. The zero-order valence-corrected chi connectivity index (χ0v) is 5.61. The smallest absolute Gasteiger partial charge is 0.0303 e. The predicted octanol–water partition coefficient (Wildman–Crippen LogP) is 1.01. The van der Waals surface area contributed by atoms with Gasteiger partial charge in [0.05, 0.1) is 0 Å². The summed E-state index contributed by atoms with van der Waals surface area (Å²) in [6.45, 7) is 2.46. The van der Waals surface area contributed by atoms with Crippen molar-refractivity contribution in [3.8, 4) is 0 Å². The van der Waals surface area contributed by atoms with E-state index in [9.17, 15) is 0 Å². The van der Waals surface area contributed by atoms with Gasteiger partial charge in [0.2, 0.25) is 0 Å². The van der Waals surface area contributed by atoms with Gasteiger partial charge in [0, 0.05) is 1.37 Å². The Hall–Kier alpha value is -0.0400. The molecule has 50 valence electrons. The fourth-order valence-corrected chi connectivity index (χ4v) is 2.49. The van der Waals surface area contributed by atoms with Crippen LogP contribution in [0.1, 0.15) is 20.6 Å². The number of hydrogen-bond donors (Lipinski definition) is 1. The molecule has 1 nitrogen and oxygen atoms in total. The highest BCUT2D eigenvalue weighted by atomic mass is 15.0. The molecule has 0 unspecified atom stereocenters. The molecule has 0 aromatic rings. The average Bonchev–Trinajstić information content (AvgIpc) is 1.53. The second-order valence-corrected chi connectivity index (χ2v) is 4.00. The summed E-state index contributed by atoms with van der Waals surface area (Å²) in [4.78, 5) is 0. The molecule has 1 heterocycles. The van der Waals surface area contributed by atoms with Crippen LogP contribution in [0.3, 0.4) is 0 Å². The Morgan fingerprint density at radius 3 is 2.33 bits per heavy atom. The van der Waals surface area contributed by atoms with E-state index in [1.54, 1.807) is 0 Å². The first-order valence-corrected chi connectivity index (χ1v) is 3.93. The van der Waals surface area contributed by atoms with Crippen molar-refractivity contribution in [3.63, 3.8) is 0 Å². The van der Waals surface area contributed by atoms with Gasteiger partial charge in [-0.25, -0.2) is 0 Å². The molecule has 0 spiro atoms. The summed E-state index contributed by atoms with van der Waals surface area (Å²) >= 11 is 0. The molecule has 0 radical (unpaired) electrons. The van der Waals surface area contributed by atoms with Crippen molar-refractivity contribution < 1.29 is 1.37 Å². The summed E-state index contributed by atoms with van der Waals surface area (Å²) in [6, 6.07) is 0. The summed E-state index contributed by atoms with van der Waals surface area (Å²) < 4.78 is 7.73. The first-order valence-electron chi connectivity index (χ1n) is 4.43. The first-order chi connectivity index (χ1) is 4.73. The Kier molecular flexibility index (Phi) is 0.527. The van der Waals surface area contributed by atoms with Crippen molar-refractivity contribution >= 4 is 0 Å². The monoisotopic (exact) mass is 124 g/mol. The second-order valence-electron chi connectivity index (χ2n) is 4.00. The highest BCUT2D eigenvalue weighted by Crippen LogP contribution is 2.68. The van der Waals surface area contributed by atoms with E-state index in [-0.39, 0.29) is 5.89 Å². The molecule has 1 N–H and O–H groups in total. The molecule has 0 aromatic carbocycles. The molecule has 4 fully saturated rings. The van der Waals surface area contributed by atoms with E-state index in [2.05, 4.69) is 5.32 Å². The standard InChI is InChI=1S/C8H13N/c1-6-2-8(1,3-6)7-4-9-5-7/h6-7,9H,1-5H2/i6D. The predicted molar refractivity (Wildman–Crippen MR) is 36.1 cm³/mol. The maximum absolute atomic E-state index is 7.73. The van der Waals surface area contributed by atoms with E-state index in [4.69, 9.17) is 1.37 Å². The van der Waals surface area contributed by atoms with E-state index in [1.807, 2.05) is 0 Å². The van der Waals surface area contributed by atoms with Gasteiger partial charge in [-0.2, -0.15) is 0 Å². The van der Waals surface area contributed by atoms with Crippen LogP contribution < -0.4 is 5.32 Å². The van der Waals surface area contributed by atoms with Crippen LogP contribution in [0.2, 0.25) is 0 Å². The number of hydrogen-bond acceptors (Lipinski definition) is 1. The van der Waals surface area contributed by atoms with Crippen LogP contribution in [0.4, 0.5) is 0 Å². The van der Waals surface area contributed by atoms with Gasteiger partial charge in [0.15, 0.2) is 0 Å². The van der Waals surface area contributed by atoms with Crippen molar-refractivity contribution in [1.29, 1.82) is 0 Å². The summed E-state index contributed by atoms with van der Waals surface area (Å²) in [5.74, 6) is 1.01. The van der Waals surface area contributed by atoms with E-state index < -0.39 is 0 Å². The van der Waals surface area contributed by atoms with E-state index >= 15 is 0 Å². The Bertz CT molecular complexity index is 166. The second kappa shape index (κ2) is 1.20. The fourth-order valence-electron chi connectivity index (χ4n) is 2.49. The summed E-state index contributed by atoms with van der Waals surface area (Å²) in [7, 11) is 0. The summed E-state index contributed by atoms with van der Waals surface area (Å²) in [5, 5.41) is 3.31. The van der Waals surface area contributed by atoms with E-state index in [0.717, 1.165) is 5.92 Å². The maximum Gasteiger partial charge on any atom is 0.0303 e.